The maximum Gasteiger partial charge on any atom is 0.254 e. The molecule has 0 bridgehead atoms. The van der Waals surface area contributed by atoms with Gasteiger partial charge in [-0.2, -0.15) is 0 Å². The molecule has 4 heteroatoms. The number of hydrogen-bond donors (Lipinski definition) is 0. The van der Waals surface area contributed by atoms with Crippen molar-refractivity contribution in [3.8, 4) is 11.3 Å². The van der Waals surface area contributed by atoms with E-state index >= 15 is 0 Å². The number of piperazine rings is 1. The number of para-hydroxylation sites is 1. The summed E-state index contributed by atoms with van der Waals surface area (Å²) >= 11 is 0. The topological polar surface area (TPSA) is 36.4 Å². The van der Waals surface area contributed by atoms with Crippen LogP contribution in [0.5, 0.6) is 0 Å². The van der Waals surface area contributed by atoms with Crippen LogP contribution in [-0.2, 0) is 0 Å². The Morgan fingerprint density at radius 1 is 1.00 bits per heavy atom. The first-order valence-corrected chi connectivity index (χ1v) is 9.65. The highest BCUT2D eigenvalue weighted by molar-refractivity contribution is 6.07. The second-order valence-corrected chi connectivity index (χ2v) is 7.11. The molecule has 1 saturated heterocycles. The summed E-state index contributed by atoms with van der Waals surface area (Å²) in [5, 5.41) is 0.928. The van der Waals surface area contributed by atoms with Gasteiger partial charge in [-0.05, 0) is 31.2 Å². The Morgan fingerprint density at radius 3 is 2.44 bits per heavy atom. The SMILES string of the molecule is CCN1CCN(C(=O)c2cc(-c3ccccc3C)nc3ccccc23)CC1. The molecule has 1 aromatic heterocycles. The molecule has 27 heavy (non-hydrogen) atoms. The molecular weight excluding hydrogens is 334 g/mol. The zero-order valence-electron chi connectivity index (χ0n) is 16.0. The molecular formula is C23H25N3O. The Labute approximate surface area is 160 Å². The van der Waals surface area contributed by atoms with Crippen molar-refractivity contribution in [3.05, 3.63) is 65.7 Å². The van der Waals surface area contributed by atoms with Crippen LogP contribution in [0.1, 0.15) is 22.8 Å². The minimum absolute atomic E-state index is 0.110. The molecule has 0 saturated carbocycles. The van der Waals surface area contributed by atoms with Gasteiger partial charge in [-0.3, -0.25) is 4.79 Å². The van der Waals surface area contributed by atoms with Crippen LogP contribution in [0.25, 0.3) is 22.2 Å². The largest absolute Gasteiger partial charge is 0.336 e. The molecule has 0 N–H and O–H groups in total. The molecule has 0 spiro atoms. The van der Waals surface area contributed by atoms with Gasteiger partial charge in [-0.15, -0.1) is 0 Å². The van der Waals surface area contributed by atoms with E-state index in [1.54, 1.807) is 0 Å². The van der Waals surface area contributed by atoms with Crippen LogP contribution in [-0.4, -0.2) is 53.4 Å². The van der Waals surface area contributed by atoms with Crippen molar-refractivity contribution in [2.45, 2.75) is 13.8 Å². The van der Waals surface area contributed by atoms with E-state index in [1.807, 2.05) is 47.4 Å². The molecule has 138 valence electrons. The summed E-state index contributed by atoms with van der Waals surface area (Å²) in [6, 6.07) is 18.1. The first-order chi connectivity index (χ1) is 13.2. The van der Waals surface area contributed by atoms with Crippen molar-refractivity contribution in [3.63, 3.8) is 0 Å². The molecule has 1 amide bonds. The number of pyridine rings is 1. The maximum atomic E-state index is 13.4. The van der Waals surface area contributed by atoms with Crippen LogP contribution in [0.3, 0.4) is 0 Å². The molecule has 4 rings (SSSR count). The summed E-state index contributed by atoms with van der Waals surface area (Å²) in [5.41, 5.74) is 4.73. The van der Waals surface area contributed by atoms with Crippen molar-refractivity contribution < 1.29 is 4.79 Å². The molecule has 0 radical (unpaired) electrons. The van der Waals surface area contributed by atoms with Gasteiger partial charge in [0.05, 0.1) is 16.8 Å². The van der Waals surface area contributed by atoms with Crippen LogP contribution in [0, 0.1) is 6.92 Å². The van der Waals surface area contributed by atoms with E-state index in [4.69, 9.17) is 4.98 Å². The van der Waals surface area contributed by atoms with Gasteiger partial charge >= 0.3 is 0 Å². The summed E-state index contributed by atoms with van der Waals surface area (Å²) in [4.78, 5) is 22.6. The molecule has 0 atom stereocenters. The molecule has 1 fully saturated rings. The highest BCUT2D eigenvalue weighted by Crippen LogP contribution is 2.28. The number of fused-ring (bicyclic) bond motifs is 1. The van der Waals surface area contributed by atoms with Crippen molar-refractivity contribution in [1.29, 1.82) is 0 Å². The number of aromatic nitrogens is 1. The number of amides is 1. The lowest BCUT2D eigenvalue weighted by atomic mass is 10.0. The Balaban J connectivity index is 1.77. The second-order valence-electron chi connectivity index (χ2n) is 7.11. The average Bonchev–Trinajstić information content (AvgIpc) is 2.73. The monoisotopic (exact) mass is 359 g/mol. The number of likely N-dealkylation sites (N-methyl/N-ethyl adjacent to an activating group) is 1. The van der Waals surface area contributed by atoms with Crippen molar-refractivity contribution in [2.75, 3.05) is 32.7 Å². The molecule has 1 aliphatic rings. The first-order valence-electron chi connectivity index (χ1n) is 9.65. The minimum Gasteiger partial charge on any atom is -0.336 e. The Bertz CT molecular complexity index is 974. The fourth-order valence-corrected chi connectivity index (χ4v) is 3.79. The Hall–Kier alpha value is -2.72. The Morgan fingerprint density at radius 2 is 1.70 bits per heavy atom. The molecule has 0 unspecified atom stereocenters. The number of benzene rings is 2. The summed E-state index contributed by atoms with van der Waals surface area (Å²) in [6.07, 6.45) is 0. The van der Waals surface area contributed by atoms with E-state index in [-0.39, 0.29) is 5.91 Å². The first kappa shape index (κ1) is 17.7. The van der Waals surface area contributed by atoms with E-state index in [9.17, 15) is 4.79 Å². The van der Waals surface area contributed by atoms with Gasteiger partial charge in [0.15, 0.2) is 0 Å². The summed E-state index contributed by atoms with van der Waals surface area (Å²) in [5.74, 6) is 0.110. The van der Waals surface area contributed by atoms with Gasteiger partial charge in [-0.1, -0.05) is 49.4 Å². The predicted octanol–water partition coefficient (Wildman–Crippen LogP) is 3.99. The number of aryl methyl sites for hydroxylation is 1. The molecule has 0 aliphatic carbocycles. The van der Waals surface area contributed by atoms with Gasteiger partial charge < -0.3 is 9.80 Å². The smallest absolute Gasteiger partial charge is 0.254 e. The van der Waals surface area contributed by atoms with E-state index in [1.165, 1.54) is 0 Å². The highest BCUT2D eigenvalue weighted by atomic mass is 16.2. The second kappa shape index (κ2) is 7.49. The minimum atomic E-state index is 0.110. The van der Waals surface area contributed by atoms with Crippen LogP contribution >= 0.6 is 0 Å². The van der Waals surface area contributed by atoms with Crippen molar-refractivity contribution in [1.82, 2.24) is 14.8 Å². The normalized spacial score (nSPS) is 15.3. The van der Waals surface area contributed by atoms with E-state index in [0.717, 1.165) is 66.0 Å². The lowest BCUT2D eigenvalue weighted by Crippen LogP contribution is -2.48. The maximum absolute atomic E-state index is 13.4. The van der Waals surface area contributed by atoms with Gasteiger partial charge in [0.25, 0.3) is 5.91 Å². The lowest BCUT2D eigenvalue weighted by molar-refractivity contribution is 0.0645. The molecule has 1 aliphatic heterocycles. The van der Waals surface area contributed by atoms with Crippen LogP contribution in [0.4, 0.5) is 0 Å². The van der Waals surface area contributed by atoms with E-state index in [0.29, 0.717) is 0 Å². The number of carbonyl (C=O) groups is 1. The molecule has 2 aromatic carbocycles. The predicted molar refractivity (Wildman–Crippen MR) is 110 cm³/mol. The van der Waals surface area contributed by atoms with Gasteiger partial charge in [0.1, 0.15) is 0 Å². The zero-order chi connectivity index (χ0) is 18.8. The number of carbonyl (C=O) groups excluding carboxylic acids is 1. The van der Waals surface area contributed by atoms with Crippen molar-refractivity contribution >= 4 is 16.8 Å². The van der Waals surface area contributed by atoms with E-state index < -0.39 is 0 Å². The molecule has 4 nitrogen and oxygen atoms in total. The van der Waals surface area contributed by atoms with Gasteiger partial charge in [-0.25, -0.2) is 4.98 Å². The number of nitrogens with zero attached hydrogens (tertiary/aromatic N) is 3. The third kappa shape index (κ3) is 3.45. The standard InChI is InChI=1S/C23H25N3O/c1-3-25-12-14-26(15-13-25)23(27)20-16-22(18-9-5-4-8-17(18)2)24-21-11-7-6-10-19(20)21/h4-11,16H,3,12-15H2,1-2H3. The fraction of sp³-hybridized carbons (Fsp3) is 0.304. The van der Waals surface area contributed by atoms with Crippen molar-refractivity contribution in [2.24, 2.45) is 0 Å². The number of rotatable bonds is 3. The summed E-state index contributed by atoms with van der Waals surface area (Å²) < 4.78 is 0. The molecule has 3 aromatic rings. The summed E-state index contributed by atoms with van der Waals surface area (Å²) in [6.45, 7) is 8.73. The lowest BCUT2D eigenvalue weighted by Gasteiger charge is -2.34. The Kier molecular flexibility index (Phi) is 4.90. The molecule has 2 heterocycles. The summed E-state index contributed by atoms with van der Waals surface area (Å²) in [7, 11) is 0. The highest BCUT2D eigenvalue weighted by Gasteiger charge is 2.23. The van der Waals surface area contributed by atoms with Crippen LogP contribution < -0.4 is 0 Å². The zero-order valence-corrected chi connectivity index (χ0v) is 16.0. The third-order valence-corrected chi connectivity index (χ3v) is 5.47. The quantitative estimate of drug-likeness (QED) is 0.709. The van der Waals surface area contributed by atoms with Crippen LogP contribution in [0.2, 0.25) is 0 Å². The van der Waals surface area contributed by atoms with Gasteiger partial charge in [0.2, 0.25) is 0 Å². The average molecular weight is 359 g/mol. The number of hydrogen-bond acceptors (Lipinski definition) is 3. The van der Waals surface area contributed by atoms with Gasteiger partial charge in [0, 0.05) is 37.1 Å². The van der Waals surface area contributed by atoms with E-state index in [2.05, 4.69) is 30.9 Å². The fourth-order valence-electron chi connectivity index (χ4n) is 3.79. The third-order valence-electron chi connectivity index (χ3n) is 5.47. The van der Waals surface area contributed by atoms with Crippen LogP contribution in [0.15, 0.2) is 54.6 Å².